The minimum Gasteiger partial charge on any atom is -0.498 e. The molecule has 7 nitrogen and oxygen atoms in total. The number of hydrogen-bond acceptors (Lipinski definition) is 6. The van der Waals surface area contributed by atoms with Gasteiger partial charge in [0.1, 0.15) is 17.4 Å². The molecule has 3 N–H and O–H groups in total. The Bertz CT molecular complexity index is 872. The van der Waals surface area contributed by atoms with Gasteiger partial charge in [-0.2, -0.15) is 0 Å². The Morgan fingerprint density at radius 2 is 2.04 bits per heavy atom. The number of nitrogens with two attached hydrogens (primary N) is 1. The molecule has 0 spiro atoms. The molecule has 7 heteroatoms. The zero-order chi connectivity index (χ0) is 18.5. The highest BCUT2D eigenvalue weighted by molar-refractivity contribution is 5.90. The van der Waals surface area contributed by atoms with Gasteiger partial charge in [-0.25, -0.2) is 15.0 Å². The summed E-state index contributed by atoms with van der Waals surface area (Å²) in [6.45, 7) is 4.31. The lowest BCUT2D eigenvalue weighted by atomic mass is 10.0. The molecule has 1 aliphatic rings. The molecule has 134 valence electrons. The van der Waals surface area contributed by atoms with E-state index in [-0.39, 0.29) is 5.91 Å². The molecule has 0 atom stereocenters. The van der Waals surface area contributed by atoms with E-state index in [9.17, 15) is 4.79 Å². The molecule has 2 heterocycles. The van der Waals surface area contributed by atoms with Crippen molar-refractivity contribution in [1.82, 2.24) is 15.3 Å². The lowest BCUT2D eigenvalue weighted by Gasteiger charge is -2.07. The Morgan fingerprint density at radius 3 is 2.73 bits per heavy atom. The maximum atomic E-state index is 11.0. The summed E-state index contributed by atoms with van der Waals surface area (Å²) in [7, 11) is 0. The lowest BCUT2D eigenvalue weighted by molar-refractivity contribution is -0.119. The maximum absolute atomic E-state index is 11.0. The minimum absolute atomic E-state index is 0.113. The molecule has 1 aliphatic heterocycles. The number of amidine groups is 1. The number of nitrogens with one attached hydrogen (secondary N) is 1. The summed E-state index contributed by atoms with van der Waals surface area (Å²) in [5, 5.41) is 2.67. The van der Waals surface area contributed by atoms with Gasteiger partial charge in [0.15, 0.2) is 0 Å². The van der Waals surface area contributed by atoms with Crippen molar-refractivity contribution in [3.8, 4) is 11.1 Å². The number of carbonyl (C=O) groups is 1. The van der Waals surface area contributed by atoms with Crippen LogP contribution in [0.1, 0.15) is 31.7 Å². The van der Waals surface area contributed by atoms with Gasteiger partial charge in [-0.3, -0.25) is 4.79 Å². The normalized spacial score (nSPS) is 13.2. The number of benzene rings is 1. The Morgan fingerprint density at radius 1 is 1.27 bits per heavy atom. The van der Waals surface area contributed by atoms with Gasteiger partial charge in [-0.1, -0.05) is 12.1 Å². The number of aromatic nitrogens is 2. The quantitative estimate of drug-likeness (QED) is 0.862. The Kier molecular flexibility index (Phi) is 5.26. The van der Waals surface area contributed by atoms with Crippen molar-refractivity contribution in [2.45, 2.75) is 26.8 Å². The summed E-state index contributed by atoms with van der Waals surface area (Å²) in [6, 6.07) is 5.93. The summed E-state index contributed by atoms with van der Waals surface area (Å²) < 4.78 is 5.61. The molecule has 0 fully saturated rings. The van der Waals surface area contributed by atoms with Gasteiger partial charge in [0.25, 0.3) is 0 Å². The molecule has 0 saturated carbocycles. The van der Waals surface area contributed by atoms with Gasteiger partial charge >= 0.3 is 0 Å². The molecule has 3 rings (SSSR count). The molecule has 26 heavy (non-hydrogen) atoms. The summed E-state index contributed by atoms with van der Waals surface area (Å²) in [6.07, 6.45) is 5.94. The van der Waals surface area contributed by atoms with Crippen molar-refractivity contribution in [2.75, 3.05) is 6.61 Å². The van der Waals surface area contributed by atoms with E-state index < -0.39 is 0 Å². The van der Waals surface area contributed by atoms with E-state index in [2.05, 4.69) is 20.3 Å². The van der Waals surface area contributed by atoms with Gasteiger partial charge < -0.3 is 15.8 Å². The number of nitrogens with zero attached hydrogens (tertiary/aromatic N) is 3. The molecule has 0 saturated heterocycles. The largest absolute Gasteiger partial charge is 0.498 e. The highest BCUT2D eigenvalue weighted by Gasteiger charge is 2.12. The predicted octanol–water partition coefficient (Wildman–Crippen LogP) is 2.55. The summed E-state index contributed by atoms with van der Waals surface area (Å²) in [5.41, 5.74) is 9.57. The van der Waals surface area contributed by atoms with E-state index >= 15 is 0 Å². The highest BCUT2D eigenvalue weighted by Crippen LogP contribution is 2.31. The van der Waals surface area contributed by atoms with Crippen molar-refractivity contribution in [3.05, 3.63) is 47.7 Å². The molecule has 0 aliphatic carbocycles. The van der Waals surface area contributed by atoms with E-state index in [0.29, 0.717) is 31.2 Å². The van der Waals surface area contributed by atoms with Crippen molar-refractivity contribution >= 4 is 23.5 Å². The lowest BCUT2D eigenvalue weighted by Crippen LogP contribution is -2.20. The molecule has 0 radical (unpaired) electrons. The zero-order valence-electron chi connectivity index (χ0n) is 14.8. The molecule has 1 amide bonds. The first-order valence-electron chi connectivity index (χ1n) is 8.41. The van der Waals surface area contributed by atoms with E-state index in [1.165, 1.54) is 6.92 Å². The van der Waals surface area contributed by atoms with Gasteiger partial charge in [-0.05, 0) is 24.6 Å². The Labute approximate surface area is 152 Å². The third-order valence-electron chi connectivity index (χ3n) is 3.83. The highest BCUT2D eigenvalue weighted by atomic mass is 16.5. The minimum atomic E-state index is -0.113. The first-order chi connectivity index (χ1) is 12.5. The van der Waals surface area contributed by atoms with Crippen LogP contribution in [-0.4, -0.2) is 28.3 Å². The van der Waals surface area contributed by atoms with E-state index in [4.69, 9.17) is 10.5 Å². The first-order valence-corrected chi connectivity index (χ1v) is 8.41. The second-order valence-corrected chi connectivity index (χ2v) is 5.89. The first kappa shape index (κ1) is 17.6. The third kappa shape index (κ3) is 4.24. The number of amides is 1. The number of hydrogen-bond donors (Lipinski definition) is 2. The fourth-order valence-electron chi connectivity index (χ4n) is 2.62. The summed E-state index contributed by atoms with van der Waals surface area (Å²) in [4.78, 5) is 24.0. The molecular formula is C19H21N5O2. The molecular weight excluding hydrogens is 330 g/mol. The number of ether oxygens (including phenoxy) is 1. The topological polar surface area (TPSA) is 102 Å². The summed E-state index contributed by atoms with van der Waals surface area (Å²) >= 11 is 0. The number of rotatable bonds is 5. The van der Waals surface area contributed by atoms with Crippen molar-refractivity contribution in [3.63, 3.8) is 0 Å². The van der Waals surface area contributed by atoms with Crippen LogP contribution in [0.25, 0.3) is 17.2 Å². The third-order valence-corrected chi connectivity index (χ3v) is 3.83. The van der Waals surface area contributed by atoms with Crippen LogP contribution < -0.4 is 11.1 Å². The van der Waals surface area contributed by atoms with Crippen LogP contribution in [-0.2, 0) is 16.1 Å². The van der Waals surface area contributed by atoms with E-state index in [1.807, 2.05) is 31.2 Å². The number of carbonyl (C=O) groups excluding carboxylic acids is 1. The predicted molar refractivity (Wildman–Crippen MR) is 100 cm³/mol. The Balaban J connectivity index is 1.87. The van der Waals surface area contributed by atoms with Gasteiger partial charge in [-0.15, -0.1) is 0 Å². The van der Waals surface area contributed by atoms with Crippen LogP contribution in [0, 0.1) is 0 Å². The Hall–Kier alpha value is -3.22. The average Bonchev–Trinajstić information content (AvgIpc) is 2.77. The van der Waals surface area contributed by atoms with Crippen molar-refractivity contribution in [1.29, 1.82) is 0 Å². The number of fused-ring (bicyclic) bond motifs is 1. The standard InChI is InChI=1S/C19H21N5O2/c1-3-26-16-6-14-5-4-13(7-17(14)24-18(20)8-16)15-9-22-19(23-10-15)11-21-12(2)25/h4-7,9-10H,3,8,11H2,1-2H3,(H2,20,24)(H,21,25). The monoisotopic (exact) mass is 351 g/mol. The van der Waals surface area contributed by atoms with Gasteiger partial charge in [0, 0.05) is 30.4 Å². The van der Waals surface area contributed by atoms with Crippen LogP contribution in [0.3, 0.4) is 0 Å². The molecule has 1 aromatic heterocycles. The second kappa shape index (κ2) is 7.77. The SMILES string of the molecule is CCOC1=Cc2ccc(-c3cnc(CNC(C)=O)nc3)cc2N=C(N)C1. The maximum Gasteiger partial charge on any atom is 0.217 e. The fraction of sp³-hybridized carbons (Fsp3) is 0.263. The van der Waals surface area contributed by atoms with Crippen LogP contribution in [0.5, 0.6) is 0 Å². The second-order valence-electron chi connectivity index (χ2n) is 5.89. The van der Waals surface area contributed by atoms with Gasteiger partial charge in [0.05, 0.1) is 25.3 Å². The number of aliphatic imine (C=N–C) groups is 1. The van der Waals surface area contributed by atoms with Crippen LogP contribution in [0.4, 0.5) is 5.69 Å². The average molecular weight is 351 g/mol. The molecule has 0 unspecified atom stereocenters. The summed E-state index contributed by atoms with van der Waals surface area (Å²) in [5.74, 6) is 1.78. The zero-order valence-corrected chi connectivity index (χ0v) is 14.8. The fourth-order valence-corrected chi connectivity index (χ4v) is 2.62. The molecule has 2 aromatic rings. The molecule has 1 aromatic carbocycles. The van der Waals surface area contributed by atoms with Crippen LogP contribution >= 0.6 is 0 Å². The van der Waals surface area contributed by atoms with Crippen LogP contribution in [0.2, 0.25) is 0 Å². The van der Waals surface area contributed by atoms with Crippen LogP contribution in [0.15, 0.2) is 41.3 Å². The van der Waals surface area contributed by atoms with Crippen molar-refractivity contribution in [2.24, 2.45) is 10.7 Å². The smallest absolute Gasteiger partial charge is 0.217 e. The van der Waals surface area contributed by atoms with Crippen molar-refractivity contribution < 1.29 is 9.53 Å². The molecule has 0 bridgehead atoms. The van der Waals surface area contributed by atoms with E-state index in [0.717, 1.165) is 28.1 Å². The van der Waals surface area contributed by atoms with E-state index in [1.54, 1.807) is 12.4 Å². The van der Waals surface area contributed by atoms with Gasteiger partial charge in [0.2, 0.25) is 5.91 Å².